The predicted octanol–water partition coefficient (Wildman–Crippen LogP) is 3.66. The summed E-state index contributed by atoms with van der Waals surface area (Å²) in [5, 5.41) is 12.2. The van der Waals surface area contributed by atoms with E-state index in [1.54, 1.807) is 0 Å². The molecule has 1 aliphatic rings. The van der Waals surface area contributed by atoms with E-state index in [0.717, 1.165) is 55.3 Å². The molecule has 0 bridgehead atoms. The van der Waals surface area contributed by atoms with Crippen molar-refractivity contribution in [2.75, 3.05) is 50.0 Å². The summed E-state index contributed by atoms with van der Waals surface area (Å²) < 4.78 is 5.90. The van der Waals surface area contributed by atoms with Crippen LogP contribution >= 0.6 is 11.3 Å². The number of nitrogens with one attached hydrogen (secondary N) is 4. The molecular formula is C26H33N7O3S. The first kappa shape index (κ1) is 26.5. The molecule has 0 aliphatic carbocycles. The zero-order chi connectivity index (χ0) is 26.0. The van der Waals surface area contributed by atoms with Gasteiger partial charge in [0.15, 0.2) is 5.82 Å². The molecule has 0 radical (unpaired) electrons. The van der Waals surface area contributed by atoms with Crippen molar-refractivity contribution in [3.05, 3.63) is 54.5 Å². The second-order valence-electron chi connectivity index (χ2n) is 8.59. The third-order valence-corrected chi connectivity index (χ3v) is 7.21. The van der Waals surface area contributed by atoms with Crippen molar-refractivity contribution in [1.29, 1.82) is 0 Å². The molecule has 3 aromatic rings. The van der Waals surface area contributed by atoms with Crippen molar-refractivity contribution < 1.29 is 14.3 Å². The average molecular weight is 524 g/mol. The Morgan fingerprint density at radius 3 is 2.65 bits per heavy atom. The first-order valence-electron chi connectivity index (χ1n) is 12.5. The van der Waals surface area contributed by atoms with Gasteiger partial charge in [0, 0.05) is 36.4 Å². The van der Waals surface area contributed by atoms with Gasteiger partial charge < -0.3 is 20.3 Å². The van der Waals surface area contributed by atoms with Gasteiger partial charge in [0.1, 0.15) is 17.4 Å². The van der Waals surface area contributed by atoms with E-state index in [2.05, 4.69) is 50.0 Å². The van der Waals surface area contributed by atoms with E-state index in [-0.39, 0.29) is 11.9 Å². The van der Waals surface area contributed by atoms with Crippen molar-refractivity contribution in [2.45, 2.75) is 26.3 Å². The van der Waals surface area contributed by atoms with Gasteiger partial charge in [-0.1, -0.05) is 13.8 Å². The highest BCUT2D eigenvalue weighted by Gasteiger charge is 2.23. The van der Waals surface area contributed by atoms with Gasteiger partial charge in [-0.3, -0.25) is 20.4 Å². The van der Waals surface area contributed by atoms with Crippen LogP contribution in [0.15, 0.2) is 48.9 Å². The fourth-order valence-electron chi connectivity index (χ4n) is 4.00. The minimum absolute atomic E-state index is 0.0601. The number of ether oxygens (including phenoxy) is 1. The second kappa shape index (κ2) is 13.1. The smallest absolute Gasteiger partial charge is 0.325 e. The molecule has 10 nitrogen and oxygen atoms in total. The standard InChI is InChI=1S/C26H33N7O3S/c1-3-33(4-2)13-14-36-20-7-5-18(6-8-20)22-15-21(24(34)30-19-9-10-27-16-19)25(37-22)32-26(35)31-23-17-28-11-12-29-23/h5-8,11-12,15,17,19,27H,3-4,9-10,13-14,16H2,1-2H3,(H,30,34)(H2,29,31,32,35)/t19-/m0/s1. The highest BCUT2D eigenvalue weighted by atomic mass is 32.1. The van der Waals surface area contributed by atoms with Gasteiger partial charge in [-0.25, -0.2) is 9.78 Å². The summed E-state index contributed by atoms with van der Waals surface area (Å²) in [5.41, 5.74) is 1.35. The minimum atomic E-state index is -0.498. The molecule has 37 heavy (non-hydrogen) atoms. The van der Waals surface area contributed by atoms with E-state index in [4.69, 9.17) is 4.74 Å². The molecule has 196 valence electrons. The zero-order valence-corrected chi connectivity index (χ0v) is 21.9. The van der Waals surface area contributed by atoms with Gasteiger partial charge in [0.25, 0.3) is 5.91 Å². The number of nitrogens with zero attached hydrogens (tertiary/aromatic N) is 3. The number of aromatic nitrogens is 2. The van der Waals surface area contributed by atoms with Gasteiger partial charge in [-0.2, -0.15) is 0 Å². The Balaban J connectivity index is 1.48. The molecule has 1 aromatic carbocycles. The van der Waals surface area contributed by atoms with E-state index < -0.39 is 6.03 Å². The molecule has 1 saturated heterocycles. The Morgan fingerprint density at radius 1 is 1.16 bits per heavy atom. The molecule has 1 aliphatic heterocycles. The van der Waals surface area contributed by atoms with Crippen LogP contribution in [0.2, 0.25) is 0 Å². The number of urea groups is 1. The molecule has 3 heterocycles. The summed E-state index contributed by atoms with van der Waals surface area (Å²) in [7, 11) is 0. The maximum atomic E-state index is 13.1. The Kier molecular flexibility index (Phi) is 9.41. The second-order valence-corrected chi connectivity index (χ2v) is 9.64. The molecule has 1 atom stereocenters. The molecule has 0 spiro atoms. The highest BCUT2D eigenvalue weighted by molar-refractivity contribution is 7.20. The molecule has 1 fully saturated rings. The average Bonchev–Trinajstić information content (AvgIpc) is 3.58. The predicted molar refractivity (Wildman–Crippen MR) is 146 cm³/mol. The van der Waals surface area contributed by atoms with Gasteiger partial charge >= 0.3 is 6.03 Å². The van der Waals surface area contributed by atoms with Crippen LogP contribution in [0.3, 0.4) is 0 Å². The monoisotopic (exact) mass is 523 g/mol. The maximum absolute atomic E-state index is 13.1. The maximum Gasteiger partial charge on any atom is 0.325 e. The number of hydrogen-bond acceptors (Lipinski definition) is 8. The summed E-state index contributed by atoms with van der Waals surface area (Å²) in [4.78, 5) is 36.9. The fraction of sp³-hybridized carbons (Fsp3) is 0.385. The number of hydrogen-bond donors (Lipinski definition) is 4. The summed E-state index contributed by atoms with van der Waals surface area (Å²) in [6.07, 6.45) is 5.33. The number of carbonyl (C=O) groups excluding carboxylic acids is 2. The Bertz CT molecular complexity index is 1160. The third kappa shape index (κ3) is 7.48. The quantitative estimate of drug-likeness (QED) is 0.303. The number of rotatable bonds is 11. The number of anilines is 2. The number of carbonyl (C=O) groups is 2. The van der Waals surface area contributed by atoms with Crippen molar-refractivity contribution in [3.63, 3.8) is 0 Å². The number of likely N-dealkylation sites (N-methyl/N-ethyl adjacent to an activating group) is 1. The molecule has 3 amide bonds. The molecule has 4 rings (SSSR count). The number of amides is 3. The van der Waals surface area contributed by atoms with E-state index in [9.17, 15) is 9.59 Å². The first-order valence-corrected chi connectivity index (χ1v) is 13.3. The van der Waals surface area contributed by atoms with Crippen molar-refractivity contribution >= 4 is 34.1 Å². The van der Waals surface area contributed by atoms with Crippen LogP contribution in [-0.4, -0.2) is 72.2 Å². The normalized spacial score (nSPS) is 14.9. The van der Waals surface area contributed by atoms with Gasteiger partial charge in [-0.05, 0) is 62.0 Å². The lowest BCUT2D eigenvalue weighted by Gasteiger charge is -2.18. The SMILES string of the molecule is CCN(CC)CCOc1ccc(-c2cc(C(=O)N[C@H]3CCNC3)c(NC(=O)Nc3cnccn3)s2)cc1. The Morgan fingerprint density at radius 2 is 1.97 bits per heavy atom. The lowest BCUT2D eigenvalue weighted by atomic mass is 10.1. The molecular weight excluding hydrogens is 490 g/mol. The van der Waals surface area contributed by atoms with E-state index in [1.807, 2.05) is 30.3 Å². The molecule has 4 N–H and O–H groups in total. The summed E-state index contributed by atoms with van der Waals surface area (Å²) in [5.74, 6) is 0.889. The van der Waals surface area contributed by atoms with E-state index >= 15 is 0 Å². The van der Waals surface area contributed by atoms with Gasteiger partial charge in [0.2, 0.25) is 0 Å². The fourth-order valence-corrected chi connectivity index (χ4v) is 5.05. The lowest BCUT2D eigenvalue weighted by Crippen LogP contribution is -2.36. The number of benzene rings is 1. The van der Waals surface area contributed by atoms with Gasteiger partial charge in [-0.15, -0.1) is 11.3 Å². The summed E-state index contributed by atoms with van der Waals surface area (Å²) in [6.45, 7) is 9.37. The zero-order valence-electron chi connectivity index (χ0n) is 21.1. The van der Waals surface area contributed by atoms with Crippen LogP contribution in [-0.2, 0) is 0 Å². The molecule has 0 saturated carbocycles. The molecule has 0 unspecified atom stereocenters. The summed E-state index contributed by atoms with van der Waals surface area (Å²) in [6, 6.07) is 9.16. The van der Waals surface area contributed by atoms with E-state index in [1.165, 1.54) is 29.9 Å². The minimum Gasteiger partial charge on any atom is -0.492 e. The molecule has 2 aromatic heterocycles. The molecule has 11 heteroatoms. The topological polar surface area (TPSA) is 121 Å². The van der Waals surface area contributed by atoms with Crippen molar-refractivity contribution in [2.24, 2.45) is 0 Å². The Hall–Kier alpha value is -3.54. The van der Waals surface area contributed by atoms with Crippen LogP contribution < -0.4 is 26.0 Å². The largest absolute Gasteiger partial charge is 0.492 e. The first-order chi connectivity index (χ1) is 18.1. The Labute approximate surface area is 220 Å². The number of thiophene rings is 1. The van der Waals surface area contributed by atoms with Crippen LogP contribution in [0.1, 0.15) is 30.6 Å². The lowest BCUT2D eigenvalue weighted by molar-refractivity contribution is 0.0941. The van der Waals surface area contributed by atoms with Crippen LogP contribution in [0.4, 0.5) is 15.6 Å². The summed E-state index contributed by atoms with van der Waals surface area (Å²) >= 11 is 1.34. The third-order valence-electron chi connectivity index (χ3n) is 6.11. The highest BCUT2D eigenvalue weighted by Crippen LogP contribution is 2.36. The van der Waals surface area contributed by atoms with Crippen LogP contribution in [0, 0.1) is 0 Å². The van der Waals surface area contributed by atoms with Crippen molar-refractivity contribution in [3.8, 4) is 16.2 Å². The van der Waals surface area contributed by atoms with Crippen LogP contribution in [0.5, 0.6) is 5.75 Å². The van der Waals surface area contributed by atoms with Crippen LogP contribution in [0.25, 0.3) is 10.4 Å². The van der Waals surface area contributed by atoms with Gasteiger partial charge in [0.05, 0.1) is 11.8 Å². The van der Waals surface area contributed by atoms with E-state index in [0.29, 0.717) is 23.0 Å². The van der Waals surface area contributed by atoms with Crippen molar-refractivity contribution in [1.82, 2.24) is 25.5 Å².